The molecule has 2 unspecified atom stereocenters. The van der Waals surface area contributed by atoms with Gasteiger partial charge in [-0.3, -0.25) is 19.2 Å². The third-order valence-corrected chi connectivity index (χ3v) is 9.04. The van der Waals surface area contributed by atoms with E-state index in [4.69, 9.17) is 5.73 Å². The molecule has 6 N–H and O–H groups in total. The number of hydrogen-bond acceptors (Lipinski definition) is 6. The zero-order valence-corrected chi connectivity index (χ0v) is 24.8. The number of Topliss-reactive ketones (excluding diaryl/α,β-unsaturated/α-hetero) is 1. The maximum Gasteiger partial charge on any atom is 0.315 e. The van der Waals surface area contributed by atoms with Crippen LogP contribution in [0.4, 0.5) is 4.79 Å². The van der Waals surface area contributed by atoms with Crippen LogP contribution < -0.4 is 21.7 Å². The minimum absolute atomic E-state index is 0.00786. The predicted octanol–water partition coefficient (Wildman–Crippen LogP) is 1.61. The molecule has 5 atom stereocenters. The van der Waals surface area contributed by atoms with Crippen molar-refractivity contribution in [1.82, 2.24) is 20.9 Å². The van der Waals surface area contributed by atoms with Gasteiger partial charge in [0, 0.05) is 6.54 Å². The first kappa shape index (κ1) is 31.8. The molecule has 3 fully saturated rings. The fourth-order valence-electron chi connectivity index (χ4n) is 6.09. The number of hydrogen-bond donors (Lipinski definition) is 5. The van der Waals surface area contributed by atoms with Gasteiger partial charge in [0.05, 0.1) is 18.2 Å². The summed E-state index contributed by atoms with van der Waals surface area (Å²) in [4.78, 5) is 66.5. The predicted molar refractivity (Wildman–Crippen MR) is 150 cm³/mol. The van der Waals surface area contributed by atoms with Crippen LogP contribution >= 0.6 is 0 Å². The van der Waals surface area contributed by atoms with Crippen LogP contribution in [0, 0.1) is 23.2 Å². The van der Waals surface area contributed by atoms with Crippen molar-refractivity contribution in [3.63, 3.8) is 0 Å². The van der Waals surface area contributed by atoms with Crippen LogP contribution in [-0.4, -0.2) is 76.4 Å². The highest BCUT2D eigenvalue weighted by atomic mass is 16.3. The molecule has 0 radical (unpaired) electrons. The molecule has 1 heterocycles. The van der Waals surface area contributed by atoms with Crippen molar-refractivity contribution in [2.24, 2.45) is 28.9 Å². The van der Waals surface area contributed by atoms with Crippen LogP contribution in [0.1, 0.15) is 92.4 Å². The molecule has 226 valence electrons. The summed E-state index contributed by atoms with van der Waals surface area (Å²) in [5.74, 6) is -2.78. The number of carbonyl (C=O) groups is 5. The number of likely N-dealkylation sites (tertiary alicyclic amines) is 1. The third kappa shape index (κ3) is 7.73. The lowest BCUT2D eigenvalue weighted by Crippen LogP contribution is -2.62. The molecule has 3 aliphatic rings. The Morgan fingerprint density at radius 2 is 1.60 bits per heavy atom. The summed E-state index contributed by atoms with van der Waals surface area (Å²) in [5.41, 5.74) is 3.84. The average molecular weight is 564 g/mol. The molecule has 0 spiro atoms. The Labute approximate surface area is 237 Å². The molecular weight excluding hydrogens is 514 g/mol. The van der Waals surface area contributed by atoms with E-state index in [0.29, 0.717) is 25.8 Å². The molecule has 5 amide bonds. The second-order valence-corrected chi connectivity index (χ2v) is 13.5. The van der Waals surface area contributed by atoms with Crippen LogP contribution in [0.25, 0.3) is 0 Å². The molecule has 1 saturated heterocycles. The molecule has 11 nitrogen and oxygen atoms in total. The van der Waals surface area contributed by atoms with Crippen LogP contribution in [0.15, 0.2) is 0 Å². The Hall–Kier alpha value is -2.69. The van der Waals surface area contributed by atoms with Crippen molar-refractivity contribution < 1.29 is 29.1 Å². The van der Waals surface area contributed by atoms with Crippen molar-refractivity contribution >= 4 is 29.5 Å². The Morgan fingerprint density at radius 3 is 2.10 bits per heavy atom. The largest absolute Gasteiger partial charge is 0.394 e. The number of ketones is 1. The molecule has 0 aromatic rings. The van der Waals surface area contributed by atoms with Gasteiger partial charge >= 0.3 is 6.03 Å². The fraction of sp³-hybridized carbons (Fsp3) is 0.828. The van der Waals surface area contributed by atoms with E-state index in [2.05, 4.69) is 16.0 Å². The van der Waals surface area contributed by atoms with E-state index in [9.17, 15) is 29.1 Å². The van der Waals surface area contributed by atoms with Gasteiger partial charge in [0.15, 0.2) is 0 Å². The van der Waals surface area contributed by atoms with Crippen molar-refractivity contribution in [2.75, 3.05) is 13.2 Å². The summed E-state index contributed by atoms with van der Waals surface area (Å²) >= 11 is 0. The quantitative estimate of drug-likeness (QED) is 0.200. The lowest BCUT2D eigenvalue weighted by molar-refractivity contribution is -0.144. The second-order valence-electron chi connectivity index (χ2n) is 13.5. The molecule has 2 aliphatic carbocycles. The van der Waals surface area contributed by atoms with E-state index in [0.717, 1.165) is 38.5 Å². The third-order valence-electron chi connectivity index (χ3n) is 9.04. The van der Waals surface area contributed by atoms with Gasteiger partial charge in [-0.25, -0.2) is 4.79 Å². The summed E-state index contributed by atoms with van der Waals surface area (Å²) in [6, 6.07) is -3.36. The normalized spacial score (nSPS) is 26.2. The highest BCUT2D eigenvalue weighted by Gasteiger charge is 2.48. The Morgan fingerprint density at radius 1 is 1.00 bits per heavy atom. The number of nitrogens with one attached hydrogen (secondary N) is 3. The number of rotatable bonds is 10. The minimum Gasteiger partial charge on any atom is -0.394 e. The SMILES string of the molecule is CC1CN(C(=O)[C@@H](NC(=O)NC2(CO)CCCCCC2)C(C)(C)C)[C@H](C(=O)NC(CC2CC2)C(=O)C(N)=O)[C@H]1C. The number of primary amides is 1. The van der Waals surface area contributed by atoms with Gasteiger partial charge in [0.1, 0.15) is 12.1 Å². The van der Waals surface area contributed by atoms with Gasteiger partial charge in [0.2, 0.25) is 17.6 Å². The highest BCUT2D eigenvalue weighted by Crippen LogP contribution is 2.35. The number of aliphatic hydroxyl groups is 1. The van der Waals surface area contributed by atoms with Gasteiger partial charge in [-0.15, -0.1) is 0 Å². The molecule has 40 heavy (non-hydrogen) atoms. The molecule has 0 aromatic carbocycles. The monoisotopic (exact) mass is 563 g/mol. The van der Waals surface area contributed by atoms with E-state index >= 15 is 0 Å². The van der Waals surface area contributed by atoms with Gasteiger partial charge in [-0.2, -0.15) is 0 Å². The average Bonchev–Trinajstić information content (AvgIpc) is 3.68. The summed E-state index contributed by atoms with van der Waals surface area (Å²) < 4.78 is 0. The summed E-state index contributed by atoms with van der Waals surface area (Å²) in [6.07, 6.45) is 7.45. The topological polar surface area (TPSA) is 171 Å². The lowest BCUT2D eigenvalue weighted by atomic mass is 9.85. The Balaban J connectivity index is 1.79. The van der Waals surface area contributed by atoms with Gasteiger partial charge in [-0.05, 0) is 42.4 Å². The standard InChI is InChI=1S/C29H49N5O6/c1-17-15-34(21(18(17)2)25(38)31-20(14-19-10-11-19)22(36)24(30)37)26(39)23(28(3,4)5)32-27(40)33-29(16-35)12-8-6-7-9-13-29/h17-21,23,35H,6-16H2,1-5H3,(H2,30,37)(H,31,38)(H2,32,33,40)/t17?,18-,20?,21-,23+/m0/s1. The number of aliphatic hydroxyl groups excluding tert-OH is 1. The summed E-state index contributed by atoms with van der Waals surface area (Å²) in [5, 5.41) is 18.7. The van der Waals surface area contributed by atoms with Gasteiger partial charge in [0.25, 0.3) is 5.91 Å². The van der Waals surface area contributed by atoms with Crippen LogP contribution in [0.5, 0.6) is 0 Å². The zero-order chi connectivity index (χ0) is 29.8. The fourth-order valence-corrected chi connectivity index (χ4v) is 6.09. The Kier molecular flexibility index (Phi) is 10.2. The molecule has 0 bridgehead atoms. The van der Waals surface area contributed by atoms with E-state index in [1.54, 1.807) is 0 Å². The molecule has 1 aliphatic heterocycles. The highest BCUT2D eigenvalue weighted by molar-refractivity contribution is 6.37. The van der Waals surface area contributed by atoms with Crippen molar-refractivity contribution in [1.29, 1.82) is 0 Å². The minimum atomic E-state index is -1.09. The van der Waals surface area contributed by atoms with E-state index in [1.807, 2.05) is 34.6 Å². The van der Waals surface area contributed by atoms with E-state index < -0.39 is 58.6 Å². The van der Waals surface area contributed by atoms with Crippen LogP contribution in [-0.2, 0) is 19.2 Å². The van der Waals surface area contributed by atoms with E-state index in [1.165, 1.54) is 4.90 Å². The smallest absolute Gasteiger partial charge is 0.315 e. The lowest BCUT2D eigenvalue weighted by Gasteiger charge is -2.38. The Bertz CT molecular complexity index is 966. The number of nitrogens with zero attached hydrogens (tertiary/aromatic N) is 1. The molecule has 11 heteroatoms. The van der Waals surface area contributed by atoms with Crippen molar-refractivity contribution in [3.05, 3.63) is 0 Å². The summed E-state index contributed by atoms with van der Waals surface area (Å²) in [6.45, 7) is 9.51. The van der Waals surface area contributed by atoms with E-state index in [-0.39, 0.29) is 24.4 Å². The number of nitrogens with two attached hydrogens (primary N) is 1. The molecular formula is C29H49N5O6. The first-order chi connectivity index (χ1) is 18.7. The first-order valence-corrected chi connectivity index (χ1v) is 14.8. The zero-order valence-electron chi connectivity index (χ0n) is 24.8. The molecule has 0 aromatic heterocycles. The van der Waals surface area contributed by atoms with Crippen LogP contribution in [0.2, 0.25) is 0 Å². The first-order valence-electron chi connectivity index (χ1n) is 14.8. The maximum atomic E-state index is 14.1. The molecule has 2 saturated carbocycles. The van der Waals surface area contributed by atoms with Gasteiger partial charge < -0.3 is 31.7 Å². The van der Waals surface area contributed by atoms with Crippen molar-refractivity contribution in [3.8, 4) is 0 Å². The van der Waals surface area contributed by atoms with Crippen molar-refractivity contribution in [2.45, 2.75) is 116 Å². The number of urea groups is 1. The second kappa shape index (κ2) is 12.9. The van der Waals surface area contributed by atoms with Gasteiger partial charge in [-0.1, -0.05) is 73.1 Å². The van der Waals surface area contributed by atoms with Crippen LogP contribution in [0.3, 0.4) is 0 Å². The maximum absolute atomic E-state index is 14.1. The molecule has 3 rings (SSSR count). The number of carbonyl (C=O) groups excluding carboxylic acids is 5. The summed E-state index contributed by atoms with van der Waals surface area (Å²) in [7, 11) is 0. The number of amides is 5.